The normalized spacial score (nSPS) is 21.8. The third kappa shape index (κ3) is 4.38. The summed E-state index contributed by atoms with van der Waals surface area (Å²) >= 11 is 0. The first-order valence-corrected chi connectivity index (χ1v) is 7.99. The van der Waals surface area contributed by atoms with Gasteiger partial charge < -0.3 is 19.9 Å². The molecule has 0 spiro atoms. The van der Waals surface area contributed by atoms with Crippen molar-refractivity contribution in [3.8, 4) is 0 Å². The number of piperazine rings is 1. The zero-order chi connectivity index (χ0) is 16.2. The fourth-order valence-electron chi connectivity index (χ4n) is 2.99. The topological polar surface area (TPSA) is 75.0 Å². The number of carbonyl (C=O) groups excluding carboxylic acids is 1. The van der Waals surface area contributed by atoms with Crippen LogP contribution >= 0.6 is 24.0 Å². The number of guanidine groups is 1. The number of nitrogens with zero attached hydrogens (tertiary/aromatic N) is 5. The molecule has 2 saturated heterocycles. The number of aromatic nitrogens is 2. The third-order valence-electron chi connectivity index (χ3n) is 4.31. The van der Waals surface area contributed by atoms with Crippen LogP contribution in [0.1, 0.15) is 6.42 Å². The highest BCUT2D eigenvalue weighted by atomic mass is 127. The van der Waals surface area contributed by atoms with Crippen LogP contribution < -0.4 is 10.2 Å². The summed E-state index contributed by atoms with van der Waals surface area (Å²) in [5, 5.41) is 7.50. The number of aryl methyl sites for hydroxylation is 1. The predicted molar refractivity (Wildman–Crippen MR) is 103 cm³/mol. The van der Waals surface area contributed by atoms with Crippen molar-refractivity contribution < 1.29 is 9.53 Å². The summed E-state index contributed by atoms with van der Waals surface area (Å²) in [6.45, 7) is 4.20. The van der Waals surface area contributed by atoms with Crippen molar-refractivity contribution in [3.05, 3.63) is 12.4 Å². The largest absolute Gasteiger partial charge is 0.381 e. The number of carbonyl (C=O) groups is 1. The smallest absolute Gasteiger partial charge is 0.246 e. The van der Waals surface area contributed by atoms with E-state index in [1.165, 1.54) is 0 Å². The van der Waals surface area contributed by atoms with E-state index in [1.807, 2.05) is 18.1 Å². The molecular weight excluding hydrogens is 423 g/mol. The second-order valence-electron chi connectivity index (χ2n) is 6.00. The van der Waals surface area contributed by atoms with Crippen LogP contribution in [-0.4, -0.2) is 73.0 Å². The maximum Gasteiger partial charge on any atom is 0.246 e. The van der Waals surface area contributed by atoms with Crippen molar-refractivity contribution in [2.24, 2.45) is 18.0 Å². The highest BCUT2D eigenvalue weighted by Gasteiger charge is 2.28. The van der Waals surface area contributed by atoms with E-state index >= 15 is 0 Å². The fraction of sp³-hybridized carbons (Fsp3) is 0.667. The molecule has 0 aliphatic carbocycles. The zero-order valence-electron chi connectivity index (χ0n) is 14.1. The lowest BCUT2D eigenvalue weighted by molar-refractivity contribution is -0.120. The Morgan fingerprint density at radius 1 is 1.50 bits per heavy atom. The molecular formula is C15H25IN6O2. The SMILES string of the molecule is CN=C(NCC1CCOC1)N1CCN(c2cnn(C)c2)C(=O)C1.I. The van der Waals surface area contributed by atoms with Gasteiger partial charge in [-0.25, -0.2) is 0 Å². The minimum atomic E-state index is 0. The van der Waals surface area contributed by atoms with Crippen LogP contribution in [0, 0.1) is 5.92 Å². The lowest BCUT2D eigenvalue weighted by Crippen LogP contribution is -2.55. The Morgan fingerprint density at radius 3 is 2.92 bits per heavy atom. The van der Waals surface area contributed by atoms with Gasteiger partial charge in [0, 0.05) is 52.5 Å². The summed E-state index contributed by atoms with van der Waals surface area (Å²) < 4.78 is 7.10. The van der Waals surface area contributed by atoms with E-state index in [2.05, 4.69) is 15.4 Å². The van der Waals surface area contributed by atoms with E-state index in [0.717, 1.165) is 44.4 Å². The fourth-order valence-corrected chi connectivity index (χ4v) is 2.99. The zero-order valence-corrected chi connectivity index (χ0v) is 16.5. The number of rotatable bonds is 3. The number of hydrogen-bond donors (Lipinski definition) is 1. The molecule has 1 N–H and O–H groups in total. The predicted octanol–water partition coefficient (Wildman–Crippen LogP) is 0.299. The Bertz CT molecular complexity index is 584. The first kappa shape index (κ1) is 19.0. The quantitative estimate of drug-likeness (QED) is 0.409. The summed E-state index contributed by atoms with van der Waals surface area (Å²) in [6, 6.07) is 0. The second kappa shape index (κ2) is 8.65. The molecule has 2 aliphatic rings. The second-order valence-corrected chi connectivity index (χ2v) is 6.00. The van der Waals surface area contributed by atoms with Crippen molar-refractivity contribution >= 4 is 41.5 Å². The van der Waals surface area contributed by atoms with Crippen molar-refractivity contribution in [3.63, 3.8) is 0 Å². The molecule has 3 heterocycles. The molecule has 1 aromatic rings. The van der Waals surface area contributed by atoms with Crippen molar-refractivity contribution in [1.29, 1.82) is 0 Å². The van der Waals surface area contributed by atoms with Gasteiger partial charge >= 0.3 is 0 Å². The van der Waals surface area contributed by atoms with E-state index < -0.39 is 0 Å². The van der Waals surface area contributed by atoms with Crippen LogP contribution in [0.5, 0.6) is 0 Å². The molecule has 2 fully saturated rings. The van der Waals surface area contributed by atoms with Gasteiger partial charge in [0.25, 0.3) is 0 Å². The van der Waals surface area contributed by atoms with E-state index in [1.54, 1.807) is 22.8 Å². The van der Waals surface area contributed by atoms with Crippen molar-refractivity contribution in [2.45, 2.75) is 6.42 Å². The number of aliphatic imine (C=N–C) groups is 1. The van der Waals surface area contributed by atoms with E-state index in [-0.39, 0.29) is 29.9 Å². The average molecular weight is 448 g/mol. The van der Waals surface area contributed by atoms with Gasteiger partial charge in [-0.05, 0) is 6.42 Å². The molecule has 0 saturated carbocycles. The van der Waals surface area contributed by atoms with E-state index in [4.69, 9.17) is 4.74 Å². The highest BCUT2D eigenvalue weighted by molar-refractivity contribution is 14.0. The van der Waals surface area contributed by atoms with Crippen molar-refractivity contribution in [1.82, 2.24) is 20.0 Å². The molecule has 24 heavy (non-hydrogen) atoms. The van der Waals surface area contributed by atoms with Crippen LogP contribution in [0.3, 0.4) is 0 Å². The standard InChI is InChI=1S/C15H24N6O2.HI/c1-16-15(17-7-12-3-6-23-11-12)20-4-5-21(14(22)10-20)13-8-18-19(2)9-13;/h8-9,12H,3-7,10-11H2,1-2H3,(H,16,17);1H. The summed E-state index contributed by atoms with van der Waals surface area (Å²) in [4.78, 5) is 20.5. The molecule has 1 unspecified atom stereocenters. The number of ether oxygens (including phenoxy) is 1. The van der Waals surface area contributed by atoms with Crippen LogP contribution in [0.4, 0.5) is 5.69 Å². The van der Waals surface area contributed by atoms with Gasteiger partial charge in [0.05, 0.1) is 18.5 Å². The molecule has 1 amide bonds. The minimum Gasteiger partial charge on any atom is -0.381 e. The minimum absolute atomic E-state index is 0. The average Bonchev–Trinajstić information content (AvgIpc) is 3.20. The van der Waals surface area contributed by atoms with Crippen LogP contribution in [0.25, 0.3) is 0 Å². The summed E-state index contributed by atoms with van der Waals surface area (Å²) in [5.41, 5.74) is 0.850. The molecule has 9 heteroatoms. The van der Waals surface area contributed by atoms with Crippen LogP contribution in [0.15, 0.2) is 17.4 Å². The molecule has 1 atom stereocenters. The molecule has 3 rings (SSSR count). The first-order valence-electron chi connectivity index (χ1n) is 7.99. The molecule has 8 nitrogen and oxygen atoms in total. The van der Waals surface area contributed by atoms with Gasteiger partial charge in [-0.2, -0.15) is 5.10 Å². The highest BCUT2D eigenvalue weighted by Crippen LogP contribution is 2.16. The molecule has 0 bridgehead atoms. The number of halogens is 1. The number of anilines is 1. The molecule has 0 radical (unpaired) electrons. The van der Waals surface area contributed by atoms with Gasteiger partial charge in [-0.1, -0.05) is 0 Å². The van der Waals surface area contributed by atoms with Gasteiger partial charge in [-0.15, -0.1) is 24.0 Å². The Morgan fingerprint density at radius 2 is 2.33 bits per heavy atom. The van der Waals surface area contributed by atoms with Gasteiger partial charge in [0.2, 0.25) is 5.91 Å². The summed E-state index contributed by atoms with van der Waals surface area (Å²) in [7, 11) is 3.61. The van der Waals surface area contributed by atoms with Crippen LogP contribution in [-0.2, 0) is 16.6 Å². The lowest BCUT2D eigenvalue weighted by Gasteiger charge is -2.35. The van der Waals surface area contributed by atoms with Gasteiger partial charge in [-0.3, -0.25) is 14.5 Å². The van der Waals surface area contributed by atoms with Crippen LogP contribution in [0.2, 0.25) is 0 Å². The summed E-state index contributed by atoms with van der Waals surface area (Å²) in [5.74, 6) is 1.38. The third-order valence-corrected chi connectivity index (χ3v) is 4.31. The molecule has 2 aliphatic heterocycles. The first-order chi connectivity index (χ1) is 11.2. The van der Waals surface area contributed by atoms with E-state index in [0.29, 0.717) is 19.0 Å². The Labute approximate surface area is 159 Å². The van der Waals surface area contributed by atoms with Gasteiger partial charge in [0.1, 0.15) is 6.54 Å². The Kier molecular flexibility index (Phi) is 6.84. The number of amides is 1. The number of hydrogen-bond acceptors (Lipinski definition) is 4. The lowest BCUT2D eigenvalue weighted by atomic mass is 10.1. The summed E-state index contributed by atoms with van der Waals surface area (Å²) in [6.07, 6.45) is 4.67. The monoisotopic (exact) mass is 448 g/mol. The maximum absolute atomic E-state index is 12.4. The van der Waals surface area contributed by atoms with Gasteiger partial charge in [0.15, 0.2) is 5.96 Å². The molecule has 1 aromatic heterocycles. The molecule has 0 aromatic carbocycles. The Hall–Kier alpha value is -1.36. The molecule has 134 valence electrons. The number of nitrogens with one attached hydrogen (secondary N) is 1. The maximum atomic E-state index is 12.4. The Balaban J connectivity index is 0.00000208. The van der Waals surface area contributed by atoms with E-state index in [9.17, 15) is 4.79 Å². The van der Waals surface area contributed by atoms with Crippen molar-refractivity contribution in [2.75, 3.05) is 51.3 Å².